The maximum Gasteiger partial charge on any atom is 0.102 e. The summed E-state index contributed by atoms with van der Waals surface area (Å²) in [5, 5.41) is 43.2. The van der Waals surface area contributed by atoms with Gasteiger partial charge in [0.15, 0.2) is 0 Å². The zero-order valence-electron chi connectivity index (χ0n) is 27.6. The monoisotopic (exact) mass is 632 g/mol. The summed E-state index contributed by atoms with van der Waals surface area (Å²) in [5.41, 5.74) is 9.72. The number of nitrogens with one attached hydrogen (secondary N) is 4. The minimum atomic E-state index is -0.763. The molecule has 6 N–H and O–H groups in total. The van der Waals surface area contributed by atoms with Gasteiger partial charge >= 0.3 is 0 Å². The average Bonchev–Trinajstić information content (AvgIpc) is 3.06. The number of hydrogen-bond donors (Lipinski definition) is 6. The molecule has 0 bridgehead atoms. The Balaban J connectivity index is 1.13. The van der Waals surface area contributed by atoms with Crippen molar-refractivity contribution in [3.8, 4) is 22.3 Å². The smallest absolute Gasteiger partial charge is 0.102 e. The van der Waals surface area contributed by atoms with Crippen LogP contribution in [-0.4, -0.2) is 33.7 Å². The molecule has 0 radical (unpaired) electrons. The van der Waals surface area contributed by atoms with Crippen LogP contribution in [0, 0.1) is 0 Å². The minimum Gasteiger partial charge on any atom is -0.392 e. The molecule has 2 heterocycles. The van der Waals surface area contributed by atoms with Crippen LogP contribution in [-0.2, 0) is 0 Å². The third kappa shape index (κ3) is 4.47. The van der Waals surface area contributed by atoms with Crippen molar-refractivity contribution in [2.45, 2.75) is 63.1 Å². The summed E-state index contributed by atoms with van der Waals surface area (Å²) in [6, 6.07) is 38.2. The van der Waals surface area contributed by atoms with Crippen molar-refractivity contribution in [2.24, 2.45) is 0 Å². The molecule has 1 aliphatic carbocycles. The first kappa shape index (κ1) is 29.1. The van der Waals surface area contributed by atoms with Crippen LogP contribution in [0.3, 0.4) is 0 Å². The van der Waals surface area contributed by atoms with E-state index in [0.29, 0.717) is 0 Å². The van der Waals surface area contributed by atoms with Crippen molar-refractivity contribution in [1.29, 1.82) is 0 Å². The molecule has 6 aromatic carbocycles. The van der Waals surface area contributed by atoms with E-state index in [9.17, 15) is 10.2 Å². The van der Waals surface area contributed by atoms with E-state index in [4.69, 9.17) is 0 Å². The van der Waals surface area contributed by atoms with Gasteiger partial charge in [-0.1, -0.05) is 84.9 Å². The first-order valence-corrected chi connectivity index (χ1v) is 16.9. The van der Waals surface area contributed by atoms with Crippen LogP contribution in [0.15, 0.2) is 109 Å². The molecule has 0 spiro atoms. The lowest BCUT2D eigenvalue weighted by atomic mass is 9.62. The van der Waals surface area contributed by atoms with E-state index in [2.05, 4.69) is 146 Å². The molecule has 3 aliphatic rings. The SMILES string of the molecule is CC1(C)Nc2cc(-c3ccccc3)cc3ccc(C4C(O)C(c5ccc6cc(-c7ccccc7)cc7c6c5NC(C)(C)N7)C4O)c(c23)N1. The van der Waals surface area contributed by atoms with Crippen molar-refractivity contribution in [1.82, 2.24) is 0 Å². The molecular weight excluding hydrogens is 592 g/mol. The Morgan fingerprint density at radius 2 is 0.854 bits per heavy atom. The van der Waals surface area contributed by atoms with E-state index >= 15 is 0 Å². The molecule has 6 nitrogen and oxygen atoms in total. The largest absolute Gasteiger partial charge is 0.392 e. The maximum atomic E-state index is 12.0. The Labute approximate surface area is 280 Å². The summed E-state index contributed by atoms with van der Waals surface area (Å²) >= 11 is 0. The number of rotatable bonds is 4. The summed E-state index contributed by atoms with van der Waals surface area (Å²) < 4.78 is 0. The molecule has 0 aromatic heterocycles. The zero-order valence-corrected chi connectivity index (χ0v) is 27.6. The number of anilines is 4. The molecule has 0 amide bonds. The number of aliphatic hydroxyl groups excluding tert-OH is 2. The molecule has 1 fully saturated rings. The lowest BCUT2D eigenvalue weighted by Gasteiger charge is -2.50. The molecule has 6 aromatic rings. The highest BCUT2D eigenvalue weighted by molar-refractivity contribution is 6.10. The Morgan fingerprint density at radius 1 is 0.458 bits per heavy atom. The molecule has 2 aliphatic heterocycles. The first-order chi connectivity index (χ1) is 23.1. The second-order valence-corrected chi connectivity index (χ2v) is 14.8. The summed E-state index contributed by atoms with van der Waals surface area (Å²) in [4.78, 5) is 0. The third-order valence-corrected chi connectivity index (χ3v) is 10.5. The lowest BCUT2D eigenvalue weighted by molar-refractivity contribution is -0.0780. The normalized spacial score (nSPS) is 23.0. The van der Waals surface area contributed by atoms with Gasteiger partial charge in [0.1, 0.15) is 11.3 Å². The highest BCUT2D eigenvalue weighted by Gasteiger charge is 2.53. The van der Waals surface area contributed by atoms with Gasteiger partial charge in [0, 0.05) is 45.4 Å². The molecule has 6 heteroatoms. The summed E-state index contributed by atoms with van der Waals surface area (Å²) in [6.45, 7) is 8.47. The predicted molar refractivity (Wildman–Crippen MR) is 199 cm³/mol. The van der Waals surface area contributed by atoms with Crippen LogP contribution in [0.2, 0.25) is 0 Å². The minimum absolute atomic E-state index is 0.426. The van der Waals surface area contributed by atoms with Gasteiger partial charge in [0.05, 0.1) is 12.2 Å². The fraction of sp³-hybridized carbons (Fsp3) is 0.238. The van der Waals surface area contributed by atoms with E-state index in [1.807, 2.05) is 12.1 Å². The highest BCUT2D eigenvalue weighted by Crippen LogP contribution is 2.56. The van der Waals surface area contributed by atoms with Gasteiger partial charge in [-0.25, -0.2) is 0 Å². The van der Waals surface area contributed by atoms with Gasteiger partial charge in [0.2, 0.25) is 0 Å². The highest BCUT2D eigenvalue weighted by atomic mass is 16.3. The fourth-order valence-electron chi connectivity index (χ4n) is 8.38. The summed E-state index contributed by atoms with van der Waals surface area (Å²) in [6.07, 6.45) is -1.53. The van der Waals surface area contributed by atoms with Crippen LogP contribution in [0.5, 0.6) is 0 Å². The van der Waals surface area contributed by atoms with E-state index in [1.165, 1.54) is 0 Å². The number of benzene rings is 6. The van der Waals surface area contributed by atoms with E-state index in [1.54, 1.807) is 0 Å². The van der Waals surface area contributed by atoms with Crippen LogP contribution in [0.25, 0.3) is 43.8 Å². The Morgan fingerprint density at radius 3 is 1.25 bits per heavy atom. The van der Waals surface area contributed by atoms with E-state index in [0.717, 1.165) is 77.7 Å². The fourth-order valence-corrected chi connectivity index (χ4v) is 8.38. The van der Waals surface area contributed by atoms with Gasteiger partial charge < -0.3 is 31.5 Å². The molecule has 9 rings (SSSR count). The predicted octanol–water partition coefficient (Wildman–Crippen LogP) is 9.08. The van der Waals surface area contributed by atoms with Crippen molar-refractivity contribution in [3.05, 3.63) is 120 Å². The standard InChI is InChI=1S/C42H40N4O2/c1-41(2)43-31-21-27(23-11-7-5-8-12-23)19-25-15-17-29(37(45-41)33(25)31)35-39(47)36(40(35)48)30-18-16-26-20-28(24-13-9-6-10-14-24)22-32-34(26)38(30)46-42(3,4)44-32/h5-22,35-36,39-40,43-48H,1-4H3. The van der Waals surface area contributed by atoms with Gasteiger partial charge in [-0.15, -0.1) is 0 Å². The van der Waals surface area contributed by atoms with Crippen molar-refractivity contribution >= 4 is 44.3 Å². The topological polar surface area (TPSA) is 88.6 Å². The van der Waals surface area contributed by atoms with Crippen LogP contribution >= 0.6 is 0 Å². The third-order valence-electron chi connectivity index (χ3n) is 10.5. The molecule has 0 unspecified atom stereocenters. The van der Waals surface area contributed by atoms with Crippen LogP contribution < -0.4 is 21.3 Å². The van der Waals surface area contributed by atoms with E-state index < -0.39 is 35.4 Å². The second-order valence-electron chi connectivity index (χ2n) is 14.8. The van der Waals surface area contributed by atoms with Crippen molar-refractivity contribution in [2.75, 3.05) is 21.3 Å². The quantitative estimate of drug-likeness (QED) is 0.116. The lowest BCUT2D eigenvalue weighted by Crippen LogP contribution is -2.53. The van der Waals surface area contributed by atoms with Crippen LogP contribution in [0.4, 0.5) is 22.7 Å². The Bertz CT molecular complexity index is 2080. The molecular formula is C42H40N4O2. The van der Waals surface area contributed by atoms with Crippen LogP contribution in [0.1, 0.15) is 50.7 Å². The van der Waals surface area contributed by atoms with Gasteiger partial charge in [0.25, 0.3) is 0 Å². The first-order valence-electron chi connectivity index (χ1n) is 16.9. The van der Waals surface area contributed by atoms with Crippen molar-refractivity contribution < 1.29 is 10.2 Å². The number of hydrogen-bond acceptors (Lipinski definition) is 6. The zero-order chi connectivity index (χ0) is 32.9. The van der Waals surface area contributed by atoms with Gasteiger partial charge in [-0.3, -0.25) is 0 Å². The molecule has 0 atom stereocenters. The van der Waals surface area contributed by atoms with Gasteiger partial charge in [-0.2, -0.15) is 0 Å². The maximum absolute atomic E-state index is 12.0. The van der Waals surface area contributed by atoms with Crippen molar-refractivity contribution in [3.63, 3.8) is 0 Å². The Kier molecular flexibility index (Phi) is 6.21. The molecule has 240 valence electrons. The number of aliphatic hydroxyl groups is 2. The average molecular weight is 633 g/mol. The summed E-state index contributed by atoms with van der Waals surface area (Å²) in [5.74, 6) is -0.870. The molecule has 1 saturated carbocycles. The van der Waals surface area contributed by atoms with E-state index in [-0.39, 0.29) is 0 Å². The van der Waals surface area contributed by atoms with Gasteiger partial charge in [-0.05, 0) is 96.1 Å². The molecule has 48 heavy (non-hydrogen) atoms. The second kappa shape index (κ2) is 10.2. The Hall–Kier alpha value is -5.04. The summed E-state index contributed by atoms with van der Waals surface area (Å²) in [7, 11) is 0. The molecule has 0 saturated heterocycles.